The number of alkyl halides is 3. The standard InChI is InChI=1S/C19H21F4N5OS2/c1-2-4-10(8-29)7-25-15-14-16(26-17(24)31-14)28-18(27-15)30-9-11-5-3-6-12(13(11)20)19(21,22)23/h3,5-6,10,29H,2,4,7-9H2,1H3,(H3,24,25,26,27,28)/t10-/m1/s1. The molecule has 0 radical (unpaired) electrons. The van der Waals surface area contributed by atoms with Gasteiger partial charge in [0.1, 0.15) is 10.5 Å². The zero-order valence-corrected chi connectivity index (χ0v) is 18.2. The van der Waals surface area contributed by atoms with Crippen LogP contribution in [0, 0.1) is 11.7 Å². The molecule has 12 heteroatoms. The van der Waals surface area contributed by atoms with Gasteiger partial charge in [0, 0.05) is 18.9 Å². The molecule has 0 fully saturated rings. The summed E-state index contributed by atoms with van der Waals surface area (Å²) in [6.07, 6.45) is -3.01. The summed E-state index contributed by atoms with van der Waals surface area (Å²) in [4.78, 5) is 12.9. The fraction of sp³-hybridized carbons (Fsp3) is 0.421. The van der Waals surface area contributed by atoms with E-state index < -0.39 is 17.6 Å². The maximum absolute atomic E-state index is 14.3. The van der Waals surface area contributed by atoms with Crippen molar-refractivity contribution in [1.29, 1.82) is 0 Å². The second-order valence-electron chi connectivity index (χ2n) is 6.84. The lowest BCUT2D eigenvalue weighted by Crippen LogP contribution is -2.18. The van der Waals surface area contributed by atoms with Crippen LogP contribution in [0.1, 0.15) is 30.9 Å². The van der Waals surface area contributed by atoms with Gasteiger partial charge in [0.2, 0.25) is 0 Å². The van der Waals surface area contributed by atoms with Gasteiger partial charge in [-0.05, 0) is 24.0 Å². The normalized spacial score (nSPS) is 13.0. The lowest BCUT2D eigenvalue weighted by molar-refractivity contribution is -0.140. The van der Waals surface area contributed by atoms with Crippen LogP contribution < -0.4 is 11.1 Å². The first-order valence-corrected chi connectivity index (χ1v) is 11.3. The number of nitrogens with one attached hydrogen (secondary N) is 1. The number of aromatic nitrogens is 3. The lowest BCUT2D eigenvalue weighted by atomic mass is 10.1. The molecule has 0 saturated carbocycles. The third-order valence-corrected chi connectivity index (χ3v) is 6.28. The average Bonchev–Trinajstić information content (AvgIpc) is 3.09. The van der Waals surface area contributed by atoms with Gasteiger partial charge in [0.15, 0.2) is 21.8 Å². The number of thioether (sulfide) groups is 1. The van der Waals surface area contributed by atoms with Crippen molar-refractivity contribution in [3.63, 3.8) is 0 Å². The second-order valence-corrected chi connectivity index (χ2v) is 8.82. The maximum atomic E-state index is 14.3. The molecule has 31 heavy (non-hydrogen) atoms. The minimum absolute atomic E-state index is 0.0241. The molecule has 3 rings (SSSR count). The SMILES string of the molecule is CCC[C@@H](CO)CNc1nc(SCc2cccc(C(F)(F)F)c2F)nc2nc(N)sc12. The van der Waals surface area contributed by atoms with Gasteiger partial charge in [-0.1, -0.05) is 48.6 Å². The third kappa shape index (κ3) is 5.74. The molecule has 0 spiro atoms. The van der Waals surface area contributed by atoms with E-state index in [9.17, 15) is 22.7 Å². The molecule has 0 bridgehead atoms. The molecule has 0 aliphatic heterocycles. The number of hydrogen-bond donors (Lipinski definition) is 3. The minimum atomic E-state index is -4.77. The van der Waals surface area contributed by atoms with Crippen LogP contribution in [0.25, 0.3) is 10.3 Å². The summed E-state index contributed by atoms with van der Waals surface area (Å²) in [7, 11) is 0. The van der Waals surface area contributed by atoms with Gasteiger partial charge in [-0.25, -0.2) is 19.3 Å². The Balaban J connectivity index is 1.83. The zero-order chi connectivity index (χ0) is 22.6. The summed E-state index contributed by atoms with van der Waals surface area (Å²) in [6.45, 7) is 2.52. The van der Waals surface area contributed by atoms with E-state index in [4.69, 9.17) is 5.73 Å². The summed E-state index contributed by atoms with van der Waals surface area (Å²) in [5, 5.41) is 13.2. The van der Waals surface area contributed by atoms with E-state index in [2.05, 4.69) is 20.3 Å². The van der Waals surface area contributed by atoms with Crippen LogP contribution in [-0.2, 0) is 11.9 Å². The number of nitrogens with zero attached hydrogens (tertiary/aromatic N) is 3. The monoisotopic (exact) mass is 475 g/mol. The molecule has 0 amide bonds. The number of rotatable bonds is 9. The van der Waals surface area contributed by atoms with Crippen LogP contribution >= 0.6 is 23.1 Å². The Morgan fingerprint density at radius 2 is 2.03 bits per heavy atom. The molecule has 2 heterocycles. The van der Waals surface area contributed by atoms with Crippen LogP contribution in [0.15, 0.2) is 23.4 Å². The lowest BCUT2D eigenvalue weighted by Gasteiger charge is -2.15. The quantitative estimate of drug-likeness (QED) is 0.229. The molecular formula is C19H21F4N5OS2. The Hall–Kier alpha value is -2.18. The van der Waals surface area contributed by atoms with Gasteiger partial charge in [0.05, 0.1) is 5.56 Å². The summed E-state index contributed by atoms with van der Waals surface area (Å²) in [5.74, 6) is -0.878. The van der Waals surface area contributed by atoms with E-state index in [1.54, 1.807) is 0 Å². The van der Waals surface area contributed by atoms with E-state index in [-0.39, 0.29) is 29.0 Å². The Labute approximate surface area is 184 Å². The van der Waals surface area contributed by atoms with E-state index in [1.165, 1.54) is 23.5 Å². The molecule has 1 atom stereocenters. The van der Waals surface area contributed by atoms with E-state index in [0.717, 1.165) is 24.6 Å². The first-order chi connectivity index (χ1) is 14.7. The molecule has 2 aromatic heterocycles. The van der Waals surface area contributed by atoms with Crippen molar-refractivity contribution in [2.24, 2.45) is 5.92 Å². The van der Waals surface area contributed by atoms with Crippen LogP contribution in [-0.4, -0.2) is 33.2 Å². The average molecular weight is 476 g/mol. The van der Waals surface area contributed by atoms with Crippen molar-refractivity contribution < 1.29 is 22.7 Å². The highest BCUT2D eigenvalue weighted by atomic mass is 32.2. The van der Waals surface area contributed by atoms with Crippen LogP contribution in [0.3, 0.4) is 0 Å². The Kier molecular flexibility index (Phi) is 7.55. The van der Waals surface area contributed by atoms with Crippen molar-refractivity contribution in [3.8, 4) is 0 Å². The van der Waals surface area contributed by atoms with Crippen molar-refractivity contribution in [2.75, 3.05) is 24.2 Å². The fourth-order valence-corrected chi connectivity index (χ4v) is 4.52. The third-order valence-electron chi connectivity index (χ3n) is 4.50. The molecule has 0 unspecified atom stereocenters. The van der Waals surface area contributed by atoms with Gasteiger partial charge < -0.3 is 16.2 Å². The smallest absolute Gasteiger partial charge is 0.396 e. The van der Waals surface area contributed by atoms with E-state index in [1.807, 2.05) is 6.92 Å². The molecular weight excluding hydrogens is 454 g/mol. The van der Waals surface area contributed by atoms with Gasteiger partial charge >= 0.3 is 6.18 Å². The highest BCUT2D eigenvalue weighted by molar-refractivity contribution is 7.98. The van der Waals surface area contributed by atoms with Gasteiger partial charge in [0.25, 0.3) is 0 Å². The summed E-state index contributed by atoms with van der Waals surface area (Å²) >= 11 is 2.20. The van der Waals surface area contributed by atoms with Crippen molar-refractivity contribution in [1.82, 2.24) is 15.0 Å². The molecule has 0 saturated heterocycles. The molecule has 4 N–H and O–H groups in total. The first kappa shape index (κ1) is 23.5. The Morgan fingerprint density at radius 1 is 1.26 bits per heavy atom. The van der Waals surface area contributed by atoms with E-state index in [0.29, 0.717) is 33.9 Å². The van der Waals surface area contributed by atoms with Crippen LogP contribution in [0.5, 0.6) is 0 Å². The number of aliphatic hydroxyl groups is 1. The predicted molar refractivity (Wildman–Crippen MR) is 115 cm³/mol. The minimum Gasteiger partial charge on any atom is -0.396 e. The largest absolute Gasteiger partial charge is 0.419 e. The number of thiazole rings is 1. The van der Waals surface area contributed by atoms with E-state index >= 15 is 0 Å². The second kappa shape index (κ2) is 9.96. The fourth-order valence-electron chi connectivity index (χ4n) is 2.96. The maximum Gasteiger partial charge on any atom is 0.419 e. The highest BCUT2D eigenvalue weighted by Gasteiger charge is 2.34. The number of anilines is 2. The highest BCUT2D eigenvalue weighted by Crippen LogP contribution is 2.35. The van der Waals surface area contributed by atoms with Crippen LogP contribution in [0.4, 0.5) is 28.5 Å². The van der Waals surface area contributed by atoms with Crippen molar-refractivity contribution >= 4 is 44.4 Å². The molecule has 0 aliphatic carbocycles. The number of aliphatic hydroxyl groups excluding tert-OH is 1. The first-order valence-electron chi connectivity index (χ1n) is 9.49. The summed E-state index contributed by atoms with van der Waals surface area (Å²) in [5.41, 5.74) is 4.74. The van der Waals surface area contributed by atoms with Crippen molar-refractivity contribution in [2.45, 2.75) is 36.9 Å². The number of nitrogen functional groups attached to an aromatic ring is 1. The zero-order valence-electron chi connectivity index (χ0n) is 16.5. The molecule has 0 aliphatic rings. The van der Waals surface area contributed by atoms with Gasteiger partial charge in [-0.2, -0.15) is 13.2 Å². The van der Waals surface area contributed by atoms with Crippen molar-refractivity contribution in [3.05, 3.63) is 35.1 Å². The topological polar surface area (TPSA) is 97.0 Å². The number of halogens is 4. The number of benzene rings is 1. The van der Waals surface area contributed by atoms with Gasteiger partial charge in [-0.3, -0.25) is 0 Å². The molecule has 168 valence electrons. The number of nitrogens with two attached hydrogens (primary N) is 1. The number of fused-ring (bicyclic) bond motifs is 1. The molecule has 1 aromatic carbocycles. The molecule has 6 nitrogen and oxygen atoms in total. The summed E-state index contributed by atoms with van der Waals surface area (Å²) < 4.78 is 53.7. The predicted octanol–water partition coefficient (Wildman–Crippen LogP) is 4.94. The van der Waals surface area contributed by atoms with Gasteiger partial charge in [-0.15, -0.1) is 0 Å². The summed E-state index contributed by atoms with van der Waals surface area (Å²) in [6, 6.07) is 3.18. The van der Waals surface area contributed by atoms with Crippen LogP contribution in [0.2, 0.25) is 0 Å². The number of hydrogen-bond acceptors (Lipinski definition) is 8. The Morgan fingerprint density at radius 3 is 2.71 bits per heavy atom. The molecule has 3 aromatic rings. The Bertz CT molecular complexity index is 1040.